The smallest absolute Gasteiger partial charge is 0.305 e. The Labute approximate surface area is 99.0 Å². The summed E-state index contributed by atoms with van der Waals surface area (Å²) in [6.07, 6.45) is 5.69. The molecule has 5 heteroatoms. The predicted molar refractivity (Wildman–Crippen MR) is 61.4 cm³/mol. The molecular weight excluding hydrogens is 230 g/mol. The molecule has 1 rings (SSSR count). The molecule has 0 saturated carbocycles. The number of nitrogens with one attached hydrogen (secondary N) is 1. The molecule has 1 unspecified atom stereocenters. The summed E-state index contributed by atoms with van der Waals surface area (Å²) >= 11 is 6.05. The van der Waals surface area contributed by atoms with E-state index < -0.39 is 10.8 Å². The normalized spacial score (nSPS) is 23.8. The van der Waals surface area contributed by atoms with E-state index in [1.807, 2.05) is 6.92 Å². The molecule has 0 fully saturated rings. The summed E-state index contributed by atoms with van der Waals surface area (Å²) in [4.78, 5) is 21.3. The first-order chi connectivity index (χ1) is 7.41. The molecule has 0 radical (unpaired) electrons. The molecule has 1 aliphatic carbocycles. The SMILES string of the molecule is CC1(Cl)C=CC(C(=O)NCCC(=O)O)=CC1. The van der Waals surface area contributed by atoms with Gasteiger partial charge in [-0.15, -0.1) is 11.6 Å². The van der Waals surface area contributed by atoms with Crippen LogP contribution in [0.5, 0.6) is 0 Å². The van der Waals surface area contributed by atoms with Gasteiger partial charge in [0, 0.05) is 12.1 Å². The molecule has 16 heavy (non-hydrogen) atoms. The van der Waals surface area contributed by atoms with E-state index in [0.717, 1.165) is 0 Å². The summed E-state index contributed by atoms with van der Waals surface area (Å²) < 4.78 is 0. The van der Waals surface area contributed by atoms with Crippen molar-refractivity contribution in [2.75, 3.05) is 6.54 Å². The first-order valence-electron chi connectivity index (χ1n) is 4.99. The minimum atomic E-state index is -0.929. The Morgan fingerprint density at radius 3 is 2.81 bits per heavy atom. The van der Waals surface area contributed by atoms with Crippen molar-refractivity contribution in [3.63, 3.8) is 0 Å². The van der Waals surface area contributed by atoms with Gasteiger partial charge < -0.3 is 10.4 Å². The standard InChI is InChI=1S/C11H14ClNO3/c1-11(12)5-2-8(3-6-11)10(16)13-7-4-9(14)15/h2-3,5H,4,6-7H2,1H3,(H,13,16)(H,14,15). The molecule has 1 atom stereocenters. The molecule has 0 heterocycles. The van der Waals surface area contributed by atoms with E-state index in [9.17, 15) is 9.59 Å². The van der Waals surface area contributed by atoms with E-state index in [1.165, 1.54) is 0 Å². The van der Waals surface area contributed by atoms with E-state index in [2.05, 4.69) is 5.32 Å². The van der Waals surface area contributed by atoms with Crippen molar-refractivity contribution in [2.24, 2.45) is 0 Å². The largest absolute Gasteiger partial charge is 0.481 e. The third-order valence-electron chi connectivity index (χ3n) is 2.22. The van der Waals surface area contributed by atoms with Gasteiger partial charge in [0.15, 0.2) is 0 Å². The Morgan fingerprint density at radius 2 is 2.31 bits per heavy atom. The summed E-state index contributed by atoms with van der Waals surface area (Å²) in [6, 6.07) is 0. The lowest BCUT2D eigenvalue weighted by Gasteiger charge is -2.19. The fourth-order valence-electron chi connectivity index (χ4n) is 1.26. The lowest BCUT2D eigenvalue weighted by molar-refractivity contribution is -0.136. The van der Waals surface area contributed by atoms with Gasteiger partial charge in [0.25, 0.3) is 5.91 Å². The second kappa shape index (κ2) is 5.16. The maximum absolute atomic E-state index is 11.5. The number of carboxylic acid groups (broad SMARTS) is 1. The fraction of sp³-hybridized carbons (Fsp3) is 0.455. The van der Waals surface area contributed by atoms with Crippen LogP contribution in [0.1, 0.15) is 19.8 Å². The van der Waals surface area contributed by atoms with Crippen LogP contribution in [0.2, 0.25) is 0 Å². The number of aliphatic carboxylic acids is 1. The van der Waals surface area contributed by atoms with Crippen LogP contribution in [-0.4, -0.2) is 28.4 Å². The molecule has 88 valence electrons. The Morgan fingerprint density at radius 1 is 1.62 bits per heavy atom. The zero-order valence-corrected chi connectivity index (χ0v) is 9.75. The van der Waals surface area contributed by atoms with Gasteiger partial charge >= 0.3 is 5.97 Å². The van der Waals surface area contributed by atoms with E-state index in [0.29, 0.717) is 12.0 Å². The maximum Gasteiger partial charge on any atom is 0.305 e. The highest BCUT2D eigenvalue weighted by Crippen LogP contribution is 2.26. The number of rotatable bonds is 4. The van der Waals surface area contributed by atoms with Gasteiger partial charge in [0.05, 0.1) is 11.3 Å². The highest BCUT2D eigenvalue weighted by atomic mass is 35.5. The average Bonchev–Trinajstić information content (AvgIpc) is 2.16. The number of amides is 1. The number of allylic oxidation sites excluding steroid dienone is 2. The second-order valence-electron chi connectivity index (χ2n) is 3.87. The number of carbonyl (C=O) groups is 2. The average molecular weight is 244 g/mol. The third kappa shape index (κ3) is 4.06. The van der Waals surface area contributed by atoms with Gasteiger partial charge in [0.1, 0.15) is 0 Å². The van der Waals surface area contributed by atoms with Crippen molar-refractivity contribution >= 4 is 23.5 Å². The van der Waals surface area contributed by atoms with Crippen molar-refractivity contribution in [1.29, 1.82) is 0 Å². The number of carboxylic acids is 1. The van der Waals surface area contributed by atoms with Crippen LogP contribution in [0, 0.1) is 0 Å². The summed E-state index contributed by atoms with van der Waals surface area (Å²) in [5.74, 6) is -1.19. The van der Waals surface area contributed by atoms with Gasteiger partial charge in [-0.25, -0.2) is 0 Å². The summed E-state index contributed by atoms with van der Waals surface area (Å²) in [5, 5.41) is 10.9. The van der Waals surface area contributed by atoms with Crippen molar-refractivity contribution < 1.29 is 14.7 Å². The molecule has 4 nitrogen and oxygen atoms in total. The van der Waals surface area contributed by atoms with Crippen molar-refractivity contribution in [2.45, 2.75) is 24.6 Å². The van der Waals surface area contributed by atoms with Gasteiger partial charge in [-0.05, 0) is 13.3 Å². The summed E-state index contributed by atoms with van der Waals surface area (Å²) in [7, 11) is 0. The zero-order valence-electron chi connectivity index (χ0n) is 9.00. The van der Waals surface area contributed by atoms with Gasteiger partial charge in [-0.1, -0.05) is 18.2 Å². The van der Waals surface area contributed by atoms with E-state index in [-0.39, 0.29) is 18.9 Å². The molecule has 0 spiro atoms. The minimum absolute atomic E-state index is 0.0735. The van der Waals surface area contributed by atoms with Crippen molar-refractivity contribution in [1.82, 2.24) is 5.32 Å². The molecule has 0 aromatic carbocycles. The number of alkyl halides is 1. The number of hydrogen-bond acceptors (Lipinski definition) is 2. The fourth-order valence-corrected chi connectivity index (χ4v) is 1.40. The maximum atomic E-state index is 11.5. The summed E-state index contributed by atoms with van der Waals surface area (Å²) in [5.41, 5.74) is 0.531. The Hall–Kier alpha value is -1.29. The molecular formula is C11H14ClNO3. The van der Waals surface area contributed by atoms with E-state index in [4.69, 9.17) is 16.7 Å². The van der Waals surface area contributed by atoms with Crippen LogP contribution >= 0.6 is 11.6 Å². The zero-order chi connectivity index (χ0) is 12.2. The molecule has 0 aromatic rings. The summed E-state index contributed by atoms with van der Waals surface area (Å²) in [6.45, 7) is 2.00. The Kier molecular flexibility index (Phi) is 4.12. The lowest BCUT2D eigenvalue weighted by Crippen LogP contribution is -2.28. The van der Waals surface area contributed by atoms with Crippen LogP contribution < -0.4 is 5.32 Å². The molecule has 2 N–H and O–H groups in total. The molecule has 1 aliphatic rings. The van der Waals surface area contributed by atoms with E-state index in [1.54, 1.807) is 18.2 Å². The van der Waals surface area contributed by atoms with Gasteiger partial charge in [0.2, 0.25) is 0 Å². The third-order valence-corrected chi connectivity index (χ3v) is 2.50. The molecule has 0 bridgehead atoms. The quantitative estimate of drug-likeness (QED) is 0.735. The topological polar surface area (TPSA) is 66.4 Å². The number of hydrogen-bond donors (Lipinski definition) is 2. The molecule has 0 aliphatic heterocycles. The second-order valence-corrected chi connectivity index (χ2v) is 4.74. The van der Waals surface area contributed by atoms with Crippen LogP contribution in [0.15, 0.2) is 23.8 Å². The minimum Gasteiger partial charge on any atom is -0.481 e. The molecule has 0 aromatic heterocycles. The molecule has 0 saturated heterocycles. The first kappa shape index (κ1) is 12.8. The Bertz CT molecular complexity index is 358. The van der Waals surface area contributed by atoms with Gasteiger partial charge in [-0.2, -0.15) is 0 Å². The number of carbonyl (C=O) groups excluding carboxylic acids is 1. The monoisotopic (exact) mass is 243 g/mol. The Balaban J connectivity index is 2.42. The van der Waals surface area contributed by atoms with Crippen molar-refractivity contribution in [3.05, 3.63) is 23.8 Å². The van der Waals surface area contributed by atoms with Crippen LogP contribution in [0.3, 0.4) is 0 Å². The number of halogens is 1. The van der Waals surface area contributed by atoms with Crippen molar-refractivity contribution in [3.8, 4) is 0 Å². The first-order valence-corrected chi connectivity index (χ1v) is 5.37. The van der Waals surface area contributed by atoms with Crippen LogP contribution in [-0.2, 0) is 9.59 Å². The molecule has 1 amide bonds. The van der Waals surface area contributed by atoms with Crippen LogP contribution in [0.4, 0.5) is 0 Å². The highest BCUT2D eigenvalue weighted by Gasteiger charge is 2.20. The highest BCUT2D eigenvalue weighted by molar-refractivity contribution is 6.25. The van der Waals surface area contributed by atoms with E-state index >= 15 is 0 Å². The van der Waals surface area contributed by atoms with Crippen LogP contribution in [0.25, 0.3) is 0 Å². The van der Waals surface area contributed by atoms with Gasteiger partial charge in [-0.3, -0.25) is 9.59 Å². The predicted octanol–water partition coefficient (Wildman–Crippen LogP) is 1.46. The lowest BCUT2D eigenvalue weighted by atomic mass is 9.97.